The Bertz CT molecular complexity index is 1660. The molecule has 0 amide bonds. The molecule has 0 aliphatic heterocycles. The molecule has 6 aromatic rings. The largest absolute Gasteiger partial charge is 0.383 e. The van der Waals surface area contributed by atoms with E-state index in [1.807, 2.05) is 12.1 Å². The third-order valence-electron chi connectivity index (χ3n) is 6.65. The number of rotatable bonds is 4. The van der Waals surface area contributed by atoms with E-state index in [0.29, 0.717) is 0 Å². The Morgan fingerprint density at radius 2 is 1.00 bits per heavy atom. The molecule has 0 unspecified atom stereocenters. The topological polar surface area (TPSA) is 0 Å². The molecule has 3 heteroatoms. The van der Waals surface area contributed by atoms with Crippen LogP contribution in [0.25, 0.3) is 54.9 Å². The average molecular weight is 487 g/mol. The van der Waals surface area contributed by atoms with E-state index >= 15 is 0 Å². The van der Waals surface area contributed by atoms with Gasteiger partial charge in [0, 0.05) is 0 Å². The minimum absolute atomic E-state index is 0.623. The third kappa shape index (κ3) is 4.12. The second-order valence-electron chi connectivity index (χ2n) is 8.74. The number of halogens is 2. The fourth-order valence-corrected chi connectivity index (χ4v) is 5.31. The zero-order chi connectivity index (χ0) is 23.8. The SMILES string of the molecule is ClB(Cl)c1ccc2cc(-c3ccccc3)ccc2c1-c1cccc2cc(-c3ccccc3)ccc12. The molecule has 0 heterocycles. The Morgan fingerprint density at radius 1 is 0.429 bits per heavy atom. The molecule has 35 heavy (non-hydrogen) atoms. The fraction of sp³-hybridized carbons (Fsp3) is 0. The van der Waals surface area contributed by atoms with Crippen molar-refractivity contribution in [1.29, 1.82) is 0 Å². The molecule has 0 radical (unpaired) electrons. The zero-order valence-corrected chi connectivity index (χ0v) is 20.5. The van der Waals surface area contributed by atoms with E-state index < -0.39 is 5.54 Å². The molecule has 6 aromatic carbocycles. The first-order valence-electron chi connectivity index (χ1n) is 11.7. The molecule has 6 rings (SSSR count). The highest BCUT2D eigenvalue weighted by molar-refractivity contribution is 7.39. The molecular formula is C32H21BCl2. The van der Waals surface area contributed by atoms with Crippen molar-refractivity contribution >= 4 is 55.5 Å². The van der Waals surface area contributed by atoms with Gasteiger partial charge in [-0.25, -0.2) is 0 Å². The summed E-state index contributed by atoms with van der Waals surface area (Å²) in [5.41, 5.74) is 7.34. The van der Waals surface area contributed by atoms with Gasteiger partial charge >= 0.3 is 5.54 Å². The first-order chi connectivity index (χ1) is 17.2. The van der Waals surface area contributed by atoms with E-state index in [1.165, 1.54) is 33.0 Å². The van der Waals surface area contributed by atoms with E-state index in [2.05, 4.69) is 115 Å². The lowest BCUT2D eigenvalue weighted by atomic mass is 9.80. The summed E-state index contributed by atoms with van der Waals surface area (Å²) in [7, 11) is 0. The normalized spacial score (nSPS) is 11.1. The molecule has 0 fully saturated rings. The van der Waals surface area contributed by atoms with Gasteiger partial charge in [0.25, 0.3) is 0 Å². The quantitative estimate of drug-likeness (QED) is 0.218. The minimum Gasteiger partial charge on any atom is -0.164 e. The van der Waals surface area contributed by atoms with Gasteiger partial charge in [0.15, 0.2) is 0 Å². The Kier molecular flexibility index (Phi) is 5.82. The van der Waals surface area contributed by atoms with Crippen LogP contribution in [0.5, 0.6) is 0 Å². The van der Waals surface area contributed by atoms with Crippen molar-refractivity contribution in [2.45, 2.75) is 0 Å². The molecule has 0 saturated heterocycles. The molecule has 0 bridgehead atoms. The minimum atomic E-state index is -0.623. The maximum atomic E-state index is 6.51. The molecule has 0 atom stereocenters. The van der Waals surface area contributed by atoms with Crippen molar-refractivity contribution < 1.29 is 0 Å². The van der Waals surface area contributed by atoms with Gasteiger partial charge in [-0.2, -0.15) is 22.9 Å². The van der Waals surface area contributed by atoms with Gasteiger partial charge < -0.3 is 0 Å². The monoisotopic (exact) mass is 486 g/mol. The van der Waals surface area contributed by atoms with Crippen LogP contribution in [-0.4, -0.2) is 5.54 Å². The second kappa shape index (κ2) is 9.26. The molecule has 0 nitrogen and oxygen atoms in total. The van der Waals surface area contributed by atoms with Gasteiger partial charge in [-0.1, -0.05) is 115 Å². The van der Waals surface area contributed by atoms with Crippen LogP contribution in [-0.2, 0) is 0 Å². The molecule has 0 N–H and O–H groups in total. The van der Waals surface area contributed by atoms with E-state index in [-0.39, 0.29) is 0 Å². The van der Waals surface area contributed by atoms with Crippen LogP contribution in [0.2, 0.25) is 0 Å². The molecular weight excluding hydrogens is 466 g/mol. The summed E-state index contributed by atoms with van der Waals surface area (Å²) in [5.74, 6) is 0. The number of hydrogen-bond donors (Lipinski definition) is 0. The number of fused-ring (bicyclic) bond motifs is 2. The van der Waals surface area contributed by atoms with Gasteiger partial charge in [-0.15, -0.1) is 0 Å². The third-order valence-corrected chi connectivity index (χ3v) is 7.12. The van der Waals surface area contributed by atoms with Crippen LogP contribution in [0.3, 0.4) is 0 Å². The summed E-state index contributed by atoms with van der Waals surface area (Å²) in [6, 6.07) is 44.9. The van der Waals surface area contributed by atoms with Crippen molar-refractivity contribution in [3.8, 4) is 33.4 Å². The summed E-state index contributed by atoms with van der Waals surface area (Å²) in [4.78, 5) is 0. The van der Waals surface area contributed by atoms with Crippen LogP contribution < -0.4 is 5.46 Å². The smallest absolute Gasteiger partial charge is 0.164 e. The Labute approximate surface area is 215 Å². The van der Waals surface area contributed by atoms with Crippen LogP contribution in [0.15, 0.2) is 127 Å². The summed E-state index contributed by atoms with van der Waals surface area (Å²) in [5, 5.41) is 4.68. The second-order valence-corrected chi connectivity index (χ2v) is 9.84. The maximum absolute atomic E-state index is 6.51. The Balaban J connectivity index is 1.57. The average Bonchev–Trinajstić information content (AvgIpc) is 2.92. The molecule has 0 aliphatic carbocycles. The summed E-state index contributed by atoms with van der Waals surface area (Å²) in [6.07, 6.45) is 0. The van der Waals surface area contributed by atoms with Crippen LogP contribution in [0.1, 0.15) is 0 Å². The van der Waals surface area contributed by atoms with Crippen LogP contribution in [0, 0.1) is 0 Å². The maximum Gasteiger partial charge on any atom is 0.383 e. The molecule has 0 aliphatic rings. The molecule has 166 valence electrons. The first-order valence-corrected chi connectivity index (χ1v) is 12.6. The molecule has 0 saturated carbocycles. The van der Waals surface area contributed by atoms with E-state index in [1.54, 1.807) is 0 Å². The number of hydrogen-bond acceptors (Lipinski definition) is 0. The van der Waals surface area contributed by atoms with Crippen molar-refractivity contribution in [3.63, 3.8) is 0 Å². The summed E-state index contributed by atoms with van der Waals surface area (Å²) >= 11 is 13.0. The standard InChI is InChI=1S/C32H21BCl2/c34-33(35)31-19-16-27-21-25(23-10-5-2-6-11-23)15-18-29(27)32(31)30-13-7-12-26-20-24(14-17-28(26)30)22-8-3-1-4-9-22/h1-21H. The van der Waals surface area contributed by atoms with E-state index in [9.17, 15) is 0 Å². The highest BCUT2D eigenvalue weighted by Gasteiger charge is 2.20. The lowest BCUT2D eigenvalue weighted by Crippen LogP contribution is -2.21. The Morgan fingerprint density at radius 3 is 1.60 bits per heavy atom. The van der Waals surface area contributed by atoms with Crippen LogP contribution in [0.4, 0.5) is 0 Å². The highest BCUT2D eigenvalue weighted by atomic mass is 35.5. The van der Waals surface area contributed by atoms with Crippen LogP contribution >= 0.6 is 22.9 Å². The molecule has 0 aromatic heterocycles. The summed E-state index contributed by atoms with van der Waals surface area (Å²) < 4.78 is 0. The number of benzene rings is 6. The van der Waals surface area contributed by atoms with Gasteiger partial charge in [-0.3, -0.25) is 0 Å². The predicted molar refractivity (Wildman–Crippen MR) is 155 cm³/mol. The lowest BCUT2D eigenvalue weighted by molar-refractivity contribution is 1.63. The van der Waals surface area contributed by atoms with E-state index in [4.69, 9.17) is 22.9 Å². The van der Waals surface area contributed by atoms with Crippen molar-refractivity contribution in [2.75, 3.05) is 0 Å². The van der Waals surface area contributed by atoms with Gasteiger partial charge in [0.2, 0.25) is 0 Å². The van der Waals surface area contributed by atoms with Crippen molar-refractivity contribution in [2.24, 2.45) is 0 Å². The first kappa shape index (κ1) is 22.0. The van der Waals surface area contributed by atoms with Gasteiger partial charge in [0.1, 0.15) is 0 Å². The fourth-order valence-electron chi connectivity index (χ4n) is 4.95. The predicted octanol–water partition coefficient (Wildman–Crippen LogP) is 9.17. The molecule has 0 spiro atoms. The lowest BCUT2D eigenvalue weighted by Gasteiger charge is -2.17. The van der Waals surface area contributed by atoms with Gasteiger partial charge in [0.05, 0.1) is 0 Å². The zero-order valence-electron chi connectivity index (χ0n) is 19.0. The van der Waals surface area contributed by atoms with Gasteiger partial charge in [-0.05, 0) is 72.5 Å². The Hall–Kier alpha value is -3.52. The van der Waals surface area contributed by atoms with E-state index in [0.717, 1.165) is 27.4 Å². The highest BCUT2D eigenvalue weighted by Crippen LogP contribution is 2.36. The summed E-state index contributed by atoms with van der Waals surface area (Å²) in [6.45, 7) is 0. The van der Waals surface area contributed by atoms with Crippen molar-refractivity contribution in [3.05, 3.63) is 127 Å². The van der Waals surface area contributed by atoms with Crippen molar-refractivity contribution in [1.82, 2.24) is 0 Å².